The van der Waals surface area contributed by atoms with Gasteiger partial charge in [0.1, 0.15) is 23.1 Å². The summed E-state index contributed by atoms with van der Waals surface area (Å²) in [6.45, 7) is 0.623. The van der Waals surface area contributed by atoms with Crippen LogP contribution in [0.1, 0.15) is 34.9 Å². The van der Waals surface area contributed by atoms with Gasteiger partial charge in [-0.1, -0.05) is 0 Å². The summed E-state index contributed by atoms with van der Waals surface area (Å²) < 4.78 is 30.7. The van der Waals surface area contributed by atoms with Crippen LogP contribution in [0.25, 0.3) is 5.65 Å². The lowest BCUT2D eigenvalue weighted by atomic mass is 10.0. The van der Waals surface area contributed by atoms with Gasteiger partial charge in [0.05, 0.1) is 12.2 Å². The summed E-state index contributed by atoms with van der Waals surface area (Å²) in [5.74, 6) is -0.633. The maximum atomic E-state index is 14.4. The molecule has 5 rings (SSSR count). The van der Waals surface area contributed by atoms with Crippen molar-refractivity contribution in [1.29, 1.82) is 0 Å². The summed E-state index contributed by atoms with van der Waals surface area (Å²) in [6.07, 6.45) is 2.91. The van der Waals surface area contributed by atoms with E-state index < -0.39 is 17.5 Å². The van der Waals surface area contributed by atoms with Crippen LogP contribution in [0.3, 0.4) is 0 Å². The molecule has 1 amide bonds. The number of hydrogen-bond acceptors (Lipinski definition) is 6. The van der Waals surface area contributed by atoms with Crippen LogP contribution in [0.4, 0.5) is 20.4 Å². The summed E-state index contributed by atoms with van der Waals surface area (Å²) in [5, 5.41) is 11.2. The Balaban J connectivity index is 1.46. The molecule has 0 spiro atoms. The molecule has 1 atom stereocenters. The summed E-state index contributed by atoms with van der Waals surface area (Å²) in [7, 11) is 1.45. The Kier molecular flexibility index (Phi) is 5.08. The average Bonchev–Trinajstić information content (AvgIpc) is 3.44. The normalized spacial score (nSPS) is 15.8. The van der Waals surface area contributed by atoms with Gasteiger partial charge < -0.3 is 10.2 Å². The molecule has 1 saturated heterocycles. The van der Waals surface area contributed by atoms with Gasteiger partial charge in [0.25, 0.3) is 11.5 Å². The molecule has 1 unspecified atom stereocenters. The number of halogens is 2. The van der Waals surface area contributed by atoms with Gasteiger partial charge in [0.2, 0.25) is 0 Å². The van der Waals surface area contributed by atoms with Gasteiger partial charge in [0, 0.05) is 25.2 Å². The van der Waals surface area contributed by atoms with Gasteiger partial charge in [-0.05, 0) is 49.2 Å². The first-order valence-electron chi connectivity index (χ1n) is 10.3. The highest BCUT2D eigenvalue weighted by Crippen LogP contribution is 2.36. The molecule has 4 aromatic rings. The minimum atomic E-state index is -0.527. The zero-order chi connectivity index (χ0) is 23.1. The fourth-order valence-corrected chi connectivity index (χ4v) is 4.04. The molecule has 168 valence electrons. The van der Waals surface area contributed by atoms with Crippen LogP contribution in [0.2, 0.25) is 0 Å². The maximum absolute atomic E-state index is 14.4. The third-order valence-corrected chi connectivity index (χ3v) is 5.65. The van der Waals surface area contributed by atoms with Gasteiger partial charge in [-0.15, -0.1) is 5.10 Å². The lowest BCUT2D eigenvalue weighted by Gasteiger charge is -2.26. The number of carbonyl (C=O) groups excluding carboxylic acids is 1. The van der Waals surface area contributed by atoms with Crippen LogP contribution < -0.4 is 15.8 Å². The van der Waals surface area contributed by atoms with Crippen molar-refractivity contribution in [2.75, 3.05) is 16.8 Å². The highest BCUT2D eigenvalue weighted by atomic mass is 19.1. The predicted octanol–water partition coefficient (Wildman–Crippen LogP) is 2.70. The first kappa shape index (κ1) is 20.7. The number of rotatable bonds is 4. The van der Waals surface area contributed by atoms with Crippen molar-refractivity contribution in [3.8, 4) is 0 Å². The van der Waals surface area contributed by atoms with Crippen LogP contribution in [-0.4, -0.2) is 36.8 Å². The molecule has 3 aromatic heterocycles. The van der Waals surface area contributed by atoms with E-state index in [1.807, 2.05) is 4.90 Å². The second kappa shape index (κ2) is 8.08. The molecule has 1 N–H and O–H groups in total. The van der Waals surface area contributed by atoms with Crippen molar-refractivity contribution in [2.24, 2.45) is 7.05 Å². The summed E-state index contributed by atoms with van der Waals surface area (Å²) in [5.41, 5.74) is 0.511. The van der Waals surface area contributed by atoms with Crippen LogP contribution >= 0.6 is 0 Å². The zero-order valence-electron chi connectivity index (χ0n) is 17.6. The van der Waals surface area contributed by atoms with E-state index in [9.17, 15) is 18.4 Å². The number of nitrogens with zero attached hydrogens (tertiary/aromatic N) is 6. The molecular formula is C22H19F2N7O2. The molecular weight excluding hydrogens is 432 g/mol. The van der Waals surface area contributed by atoms with Gasteiger partial charge in [-0.2, -0.15) is 9.61 Å². The number of carbonyl (C=O) groups is 1. The molecule has 0 radical (unpaired) electrons. The predicted molar refractivity (Wildman–Crippen MR) is 116 cm³/mol. The summed E-state index contributed by atoms with van der Waals surface area (Å²) in [6, 6.07) is 9.19. The molecule has 33 heavy (non-hydrogen) atoms. The van der Waals surface area contributed by atoms with Crippen molar-refractivity contribution in [3.05, 3.63) is 81.9 Å². The van der Waals surface area contributed by atoms with Crippen LogP contribution in [0.15, 0.2) is 53.5 Å². The van der Waals surface area contributed by atoms with E-state index >= 15 is 0 Å². The van der Waals surface area contributed by atoms with Gasteiger partial charge in [-0.25, -0.2) is 18.4 Å². The van der Waals surface area contributed by atoms with E-state index in [0.717, 1.165) is 23.2 Å². The molecule has 9 nitrogen and oxygen atoms in total. The topological polar surface area (TPSA) is 97.4 Å². The quantitative estimate of drug-likeness (QED) is 0.513. The highest BCUT2D eigenvalue weighted by Gasteiger charge is 2.30. The number of fused-ring (bicyclic) bond motifs is 1. The molecule has 1 aliphatic heterocycles. The number of amides is 1. The second-order valence-electron chi connectivity index (χ2n) is 7.76. The third-order valence-electron chi connectivity index (χ3n) is 5.65. The molecule has 11 heteroatoms. The Hall–Kier alpha value is -4.15. The lowest BCUT2D eigenvalue weighted by Crippen LogP contribution is -2.25. The summed E-state index contributed by atoms with van der Waals surface area (Å²) in [4.78, 5) is 30.3. The highest BCUT2D eigenvalue weighted by molar-refractivity contribution is 6.02. The molecule has 0 saturated carbocycles. The van der Waals surface area contributed by atoms with Gasteiger partial charge >= 0.3 is 0 Å². The molecule has 0 bridgehead atoms. The van der Waals surface area contributed by atoms with E-state index in [4.69, 9.17) is 0 Å². The van der Waals surface area contributed by atoms with E-state index in [0.29, 0.717) is 30.2 Å². The van der Waals surface area contributed by atoms with Crippen molar-refractivity contribution < 1.29 is 13.6 Å². The van der Waals surface area contributed by atoms with E-state index in [-0.39, 0.29) is 22.9 Å². The van der Waals surface area contributed by atoms with Crippen LogP contribution in [-0.2, 0) is 7.05 Å². The smallest absolute Gasteiger partial charge is 0.277 e. The first-order chi connectivity index (χ1) is 15.9. The van der Waals surface area contributed by atoms with Crippen molar-refractivity contribution >= 4 is 23.2 Å². The second-order valence-corrected chi connectivity index (χ2v) is 7.76. The van der Waals surface area contributed by atoms with E-state index in [2.05, 4.69) is 20.5 Å². The van der Waals surface area contributed by atoms with E-state index in [1.165, 1.54) is 36.0 Å². The Labute approximate surface area is 186 Å². The fraction of sp³-hybridized carbons (Fsp3) is 0.227. The number of aromatic nitrogens is 5. The number of aryl methyl sites for hydroxylation is 1. The third kappa shape index (κ3) is 3.81. The van der Waals surface area contributed by atoms with Crippen LogP contribution in [0.5, 0.6) is 0 Å². The van der Waals surface area contributed by atoms with Gasteiger partial charge in [0.15, 0.2) is 11.5 Å². The van der Waals surface area contributed by atoms with Crippen LogP contribution in [0, 0.1) is 11.6 Å². The van der Waals surface area contributed by atoms with Crippen molar-refractivity contribution in [1.82, 2.24) is 24.4 Å². The molecule has 1 aliphatic rings. The lowest BCUT2D eigenvalue weighted by molar-refractivity contribution is 0.101. The minimum Gasteiger partial charge on any atom is -0.348 e. The Morgan fingerprint density at radius 2 is 1.97 bits per heavy atom. The Morgan fingerprint density at radius 1 is 1.12 bits per heavy atom. The molecule has 1 fully saturated rings. The fourth-order valence-electron chi connectivity index (χ4n) is 4.04. The largest absolute Gasteiger partial charge is 0.348 e. The Morgan fingerprint density at radius 3 is 2.79 bits per heavy atom. The molecule has 0 aliphatic carbocycles. The standard InChI is InChI=1S/C22H19F2N7O2/c1-29-21(32)9-6-16(27-29)22(33)26-20-12-25-18-7-8-19(28-31(18)20)30-10-2-3-17(30)14-11-13(23)4-5-15(14)24/h4-9,11-12,17H,2-3,10H2,1H3,(H,26,33). The number of nitrogens with one attached hydrogen (secondary N) is 1. The summed E-state index contributed by atoms with van der Waals surface area (Å²) >= 11 is 0. The zero-order valence-corrected chi connectivity index (χ0v) is 17.6. The maximum Gasteiger partial charge on any atom is 0.277 e. The molecule has 1 aromatic carbocycles. The number of anilines is 2. The SMILES string of the molecule is Cn1nc(C(=O)Nc2cnc3ccc(N4CCCC4c4cc(F)ccc4F)nn23)ccc1=O. The van der Waals surface area contributed by atoms with E-state index in [1.54, 1.807) is 12.1 Å². The number of hydrogen-bond donors (Lipinski definition) is 1. The molecule has 4 heterocycles. The first-order valence-corrected chi connectivity index (χ1v) is 10.3. The number of imidazole rings is 1. The monoisotopic (exact) mass is 451 g/mol. The van der Waals surface area contributed by atoms with Crippen molar-refractivity contribution in [3.63, 3.8) is 0 Å². The minimum absolute atomic E-state index is 0.0596. The van der Waals surface area contributed by atoms with Crippen molar-refractivity contribution in [2.45, 2.75) is 18.9 Å². The van der Waals surface area contributed by atoms with Gasteiger partial charge in [-0.3, -0.25) is 9.59 Å². The Bertz CT molecular complexity index is 1430. The number of benzene rings is 1. The average molecular weight is 451 g/mol.